The Balaban J connectivity index is 1.85. The van der Waals surface area contributed by atoms with Crippen LogP contribution in [0.1, 0.15) is 30.8 Å². The van der Waals surface area contributed by atoms with Gasteiger partial charge < -0.3 is 9.05 Å². The molecule has 0 aliphatic carbocycles. The van der Waals surface area contributed by atoms with Crippen molar-refractivity contribution in [2.45, 2.75) is 26.2 Å². The number of hydrogen-bond acceptors (Lipinski definition) is 5. The summed E-state index contributed by atoms with van der Waals surface area (Å²) < 4.78 is 28.6. The lowest BCUT2D eigenvalue weighted by atomic mass is 10.1. The van der Waals surface area contributed by atoms with Gasteiger partial charge in [-0.1, -0.05) is 76.6 Å². The van der Waals surface area contributed by atoms with Crippen molar-refractivity contribution in [1.29, 1.82) is 0 Å². The summed E-state index contributed by atoms with van der Waals surface area (Å²) in [5.74, 6) is -0.723. The number of benzene rings is 3. The Morgan fingerprint density at radius 2 is 1.51 bits per heavy atom. The third-order valence-corrected chi connectivity index (χ3v) is 8.31. The second kappa shape index (κ2) is 11.9. The Bertz CT molecular complexity index is 1250. The van der Waals surface area contributed by atoms with Gasteiger partial charge in [0.2, 0.25) is 0 Å². The van der Waals surface area contributed by atoms with E-state index in [0.717, 1.165) is 26.9 Å². The predicted molar refractivity (Wildman–Crippen MR) is 144 cm³/mol. The topological polar surface area (TPSA) is 65.4 Å². The molecule has 6 nitrogen and oxygen atoms in total. The molecule has 0 saturated carbocycles. The molecule has 1 atom stereocenters. The first-order chi connectivity index (χ1) is 17.0. The molecule has 0 bridgehead atoms. The molecule has 4 rings (SSSR count). The number of halogens is 1. The molecule has 0 radical (unpaired) electrons. The fourth-order valence-electron chi connectivity index (χ4n) is 3.88. The highest BCUT2D eigenvalue weighted by molar-refractivity contribution is 9.10. The summed E-state index contributed by atoms with van der Waals surface area (Å²) in [5, 5.41) is 8.39. The monoisotopic (exact) mass is 553 g/mol. The Labute approximate surface area is 215 Å². The minimum absolute atomic E-state index is 0.265. The van der Waals surface area contributed by atoms with Gasteiger partial charge in [-0.25, -0.2) is 4.68 Å². The third kappa shape index (κ3) is 6.18. The normalized spacial score (nSPS) is 12.5. The van der Waals surface area contributed by atoms with Crippen molar-refractivity contribution < 1.29 is 13.6 Å². The lowest BCUT2D eigenvalue weighted by Crippen LogP contribution is -2.23. The molecule has 1 N–H and O–H groups in total. The van der Waals surface area contributed by atoms with E-state index in [9.17, 15) is 4.57 Å². The van der Waals surface area contributed by atoms with Crippen molar-refractivity contribution in [2.75, 3.05) is 13.2 Å². The SMILES string of the molecule is CCOP(=O)(OCC)[C@@H](NCc1ccccc1)c1cn(-c2ccccc2)nc1-c1ccc(Br)cc1. The van der Waals surface area contributed by atoms with Gasteiger partial charge in [0.25, 0.3) is 0 Å². The van der Waals surface area contributed by atoms with Gasteiger partial charge in [-0.2, -0.15) is 5.10 Å². The van der Waals surface area contributed by atoms with Crippen LogP contribution >= 0.6 is 23.5 Å². The van der Waals surface area contributed by atoms with Crippen molar-refractivity contribution in [1.82, 2.24) is 15.1 Å². The standard InChI is InChI=1S/C27H29BrN3O3P/c1-3-33-35(32,34-4-2)27(29-19-21-11-7-5-8-12-21)25-20-31(24-13-9-6-10-14-24)30-26(25)22-15-17-23(28)18-16-22/h5-18,20,27,29H,3-4,19H2,1-2H3/t27-/m1/s1. The number of nitrogens with one attached hydrogen (secondary N) is 1. The molecule has 182 valence electrons. The smallest absolute Gasteiger partial charge is 0.308 e. The second-order valence-corrected chi connectivity index (χ2v) is 10.9. The molecular weight excluding hydrogens is 525 g/mol. The summed E-state index contributed by atoms with van der Waals surface area (Å²) >= 11 is 3.51. The lowest BCUT2D eigenvalue weighted by molar-refractivity contribution is 0.207. The minimum Gasteiger partial charge on any atom is -0.308 e. The molecule has 4 aromatic rings. The number of nitrogens with zero attached hydrogens (tertiary/aromatic N) is 2. The zero-order valence-corrected chi connectivity index (χ0v) is 22.3. The van der Waals surface area contributed by atoms with Crippen LogP contribution in [-0.2, 0) is 20.2 Å². The number of hydrogen-bond donors (Lipinski definition) is 1. The van der Waals surface area contributed by atoms with Crippen LogP contribution in [0.4, 0.5) is 0 Å². The van der Waals surface area contributed by atoms with Crippen LogP contribution in [0.2, 0.25) is 0 Å². The largest absolute Gasteiger partial charge is 0.352 e. The van der Waals surface area contributed by atoms with Crippen molar-refractivity contribution in [3.05, 3.63) is 107 Å². The highest BCUT2D eigenvalue weighted by Crippen LogP contribution is 2.60. The van der Waals surface area contributed by atoms with Crippen molar-refractivity contribution in [3.8, 4) is 16.9 Å². The molecule has 0 aliphatic rings. The lowest BCUT2D eigenvalue weighted by Gasteiger charge is -2.27. The van der Waals surface area contributed by atoms with E-state index in [1.165, 1.54) is 0 Å². The summed E-state index contributed by atoms with van der Waals surface area (Å²) in [6.07, 6.45) is 1.92. The van der Waals surface area contributed by atoms with E-state index < -0.39 is 13.4 Å². The Morgan fingerprint density at radius 1 is 0.914 bits per heavy atom. The zero-order valence-electron chi connectivity index (χ0n) is 19.8. The fourth-order valence-corrected chi connectivity index (χ4v) is 6.08. The molecule has 0 spiro atoms. The van der Waals surface area contributed by atoms with Crippen LogP contribution < -0.4 is 5.32 Å². The van der Waals surface area contributed by atoms with Gasteiger partial charge in [-0.3, -0.25) is 9.88 Å². The summed E-state index contributed by atoms with van der Waals surface area (Å²) in [4.78, 5) is 0. The van der Waals surface area contributed by atoms with E-state index >= 15 is 0 Å². The van der Waals surface area contributed by atoms with Gasteiger partial charge in [-0.15, -0.1) is 0 Å². The Hall–Kier alpha value is -2.54. The zero-order chi connectivity index (χ0) is 24.7. The van der Waals surface area contributed by atoms with Crippen LogP contribution in [0.3, 0.4) is 0 Å². The Morgan fingerprint density at radius 3 is 2.11 bits per heavy atom. The quantitative estimate of drug-likeness (QED) is 0.196. The average molecular weight is 554 g/mol. The van der Waals surface area contributed by atoms with Gasteiger partial charge in [0, 0.05) is 28.3 Å². The van der Waals surface area contributed by atoms with E-state index in [-0.39, 0.29) is 13.2 Å². The molecule has 0 unspecified atom stereocenters. The van der Waals surface area contributed by atoms with Crippen LogP contribution in [0, 0.1) is 0 Å². The van der Waals surface area contributed by atoms with Gasteiger partial charge in [0.1, 0.15) is 5.78 Å². The van der Waals surface area contributed by atoms with Crippen molar-refractivity contribution >= 4 is 23.5 Å². The van der Waals surface area contributed by atoms with Crippen LogP contribution in [0.15, 0.2) is 95.6 Å². The second-order valence-electron chi connectivity index (χ2n) is 7.86. The van der Waals surface area contributed by atoms with Gasteiger partial charge in [-0.05, 0) is 43.7 Å². The minimum atomic E-state index is -3.60. The maximum absolute atomic E-state index is 14.2. The van der Waals surface area contributed by atoms with Crippen molar-refractivity contribution in [2.24, 2.45) is 0 Å². The molecule has 1 aromatic heterocycles. The highest BCUT2D eigenvalue weighted by Gasteiger charge is 2.39. The van der Waals surface area contributed by atoms with Crippen LogP contribution in [0.25, 0.3) is 16.9 Å². The summed E-state index contributed by atoms with van der Waals surface area (Å²) in [6.45, 7) is 4.67. The molecule has 1 heterocycles. The van der Waals surface area contributed by atoms with E-state index in [1.54, 1.807) is 0 Å². The summed E-state index contributed by atoms with van der Waals surface area (Å²) in [6, 6.07) is 27.8. The summed E-state index contributed by atoms with van der Waals surface area (Å²) in [5.41, 5.74) is 4.34. The number of para-hydroxylation sites is 1. The van der Waals surface area contributed by atoms with E-state index in [1.807, 2.05) is 110 Å². The first kappa shape index (κ1) is 25.5. The van der Waals surface area contributed by atoms with Crippen LogP contribution in [0.5, 0.6) is 0 Å². The Kier molecular flexibility index (Phi) is 8.71. The van der Waals surface area contributed by atoms with E-state index in [4.69, 9.17) is 14.1 Å². The molecule has 0 aliphatic heterocycles. The van der Waals surface area contributed by atoms with Gasteiger partial charge in [0.15, 0.2) is 0 Å². The van der Waals surface area contributed by atoms with E-state index in [2.05, 4.69) is 21.2 Å². The van der Waals surface area contributed by atoms with E-state index in [0.29, 0.717) is 12.2 Å². The first-order valence-corrected chi connectivity index (χ1v) is 14.0. The molecular formula is C27H29BrN3O3P. The fraction of sp³-hybridized carbons (Fsp3) is 0.222. The molecule has 3 aromatic carbocycles. The maximum Gasteiger partial charge on any atom is 0.352 e. The molecule has 35 heavy (non-hydrogen) atoms. The number of rotatable bonds is 11. The molecule has 0 fully saturated rings. The van der Waals surface area contributed by atoms with Crippen molar-refractivity contribution in [3.63, 3.8) is 0 Å². The molecule has 0 amide bonds. The highest BCUT2D eigenvalue weighted by atomic mass is 79.9. The third-order valence-electron chi connectivity index (χ3n) is 5.45. The average Bonchev–Trinajstić information content (AvgIpc) is 3.31. The van der Waals surface area contributed by atoms with Crippen LogP contribution in [-0.4, -0.2) is 23.0 Å². The first-order valence-electron chi connectivity index (χ1n) is 11.6. The van der Waals surface area contributed by atoms with Gasteiger partial charge >= 0.3 is 7.60 Å². The summed E-state index contributed by atoms with van der Waals surface area (Å²) in [7, 11) is -3.60. The predicted octanol–water partition coefficient (Wildman–Crippen LogP) is 7.36. The molecule has 8 heteroatoms. The number of aromatic nitrogens is 2. The van der Waals surface area contributed by atoms with Gasteiger partial charge in [0.05, 0.1) is 24.6 Å². The maximum atomic E-state index is 14.2. The molecule has 0 saturated heterocycles.